The predicted octanol–water partition coefficient (Wildman–Crippen LogP) is 6.68. The lowest BCUT2D eigenvalue weighted by Gasteiger charge is -2.41. The van der Waals surface area contributed by atoms with Gasteiger partial charge in [0.2, 0.25) is 0 Å². The summed E-state index contributed by atoms with van der Waals surface area (Å²) in [5.74, 6) is -0.255. The van der Waals surface area contributed by atoms with E-state index in [0.29, 0.717) is 56.4 Å². The number of aromatic nitrogens is 2. The van der Waals surface area contributed by atoms with Gasteiger partial charge in [-0.05, 0) is 43.0 Å². The zero-order chi connectivity index (χ0) is 35.6. The lowest BCUT2D eigenvalue weighted by molar-refractivity contribution is 0.0351. The molecule has 1 N–H and O–H groups in total. The van der Waals surface area contributed by atoms with Gasteiger partial charge in [-0.3, -0.25) is 4.79 Å². The van der Waals surface area contributed by atoms with Crippen molar-refractivity contribution < 1.29 is 28.6 Å². The van der Waals surface area contributed by atoms with Crippen LogP contribution in [0.15, 0.2) is 91.3 Å². The molecular formula is C40H47N5O6. The van der Waals surface area contributed by atoms with Crippen molar-refractivity contribution in [3.63, 3.8) is 0 Å². The summed E-state index contributed by atoms with van der Waals surface area (Å²) >= 11 is 0. The van der Waals surface area contributed by atoms with Crippen LogP contribution in [0.1, 0.15) is 64.6 Å². The minimum atomic E-state index is -0.414. The normalized spacial score (nSPS) is 19.0. The van der Waals surface area contributed by atoms with Gasteiger partial charge in [0.15, 0.2) is 5.69 Å². The molecule has 268 valence electrons. The Hall–Kier alpha value is -5.16. The number of carbonyl (C=O) groups excluding carboxylic acids is 3. The summed E-state index contributed by atoms with van der Waals surface area (Å²) in [6.07, 6.45) is 6.28. The molecule has 1 aliphatic heterocycles. The number of benzene rings is 3. The molecule has 0 unspecified atom stereocenters. The third-order valence-corrected chi connectivity index (χ3v) is 9.95. The Balaban J connectivity index is 1.25. The second-order valence-corrected chi connectivity index (χ2v) is 13.2. The molecule has 2 amide bonds. The molecule has 4 aromatic rings. The number of hydrogen-bond donors (Lipinski definition) is 1. The van der Waals surface area contributed by atoms with Crippen molar-refractivity contribution in [2.24, 2.45) is 5.92 Å². The Bertz CT molecular complexity index is 1760. The molecule has 2 fully saturated rings. The van der Waals surface area contributed by atoms with Crippen LogP contribution >= 0.6 is 0 Å². The summed E-state index contributed by atoms with van der Waals surface area (Å²) in [5, 5.41) is 3.39. The van der Waals surface area contributed by atoms with E-state index >= 15 is 0 Å². The number of carbonyl (C=O) groups is 3. The molecule has 1 aromatic heterocycles. The number of methoxy groups -OCH3 is 2. The highest BCUT2D eigenvalue weighted by molar-refractivity contribution is 5.98. The number of nitrogens with one attached hydrogen (secondary N) is 1. The molecule has 51 heavy (non-hydrogen) atoms. The highest BCUT2D eigenvalue weighted by Gasteiger charge is 2.37. The molecule has 6 rings (SSSR count). The summed E-state index contributed by atoms with van der Waals surface area (Å²) in [6, 6.07) is 26.5. The maximum absolute atomic E-state index is 14.7. The Morgan fingerprint density at radius 3 is 2.43 bits per heavy atom. The molecule has 0 radical (unpaired) electrons. The van der Waals surface area contributed by atoms with E-state index in [1.54, 1.807) is 30.2 Å². The first-order chi connectivity index (χ1) is 25.0. The van der Waals surface area contributed by atoms with Crippen molar-refractivity contribution >= 4 is 23.7 Å². The van der Waals surface area contributed by atoms with E-state index in [1.165, 1.54) is 7.11 Å². The average Bonchev–Trinajstić information content (AvgIpc) is 3.63. The van der Waals surface area contributed by atoms with Crippen LogP contribution in [0, 0.1) is 5.92 Å². The number of piperazine rings is 1. The summed E-state index contributed by atoms with van der Waals surface area (Å²) in [5.41, 5.74) is 4.27. The van der Waals surface area contributed by atoms with Gasteiger partial charge >= 0.3 is 12.1 Å². The van der Waals surface area contributed by atoms with Gasteiger partial charge in [-0.25, -0.2) is 14.6 Å². The highest BCUT2D eigenvalue weighted by atomic mass is 16.6. The summed E-state index contributed by atoms with van der Waals surface area (Å²) in [7, 11) is 3.10. The van der Waals surface area contributed by atoms with E-state index in [0.717, 1.165) is 48.2 Å². The zero-order valence-electron chi connectivity index (χ0n) is 29.4. The fourth-order valence-corrected chi connectivity index (χ4v) is 7.35. The Labute approximate surface area is 299 Å². The highest BCUT2D eigenvalue weighted by Crippen LogP contribution is 2.38. The van der Waals surface area contributed by atoms with Crippen LogP contribution in [0.25, 0.3) is 11.3 Å². The molecule has 0 spiro atoms. The van der Waals surface area contributed by atoms with Crippen LogP contribution in [-0.2, 0) is 20.8 Å². The minimum Gasteiger partial charge on any atom is -0.465 e. The summed E-state index contributed by atoms with van der Waals surface area (Å²) < 4.78 is 18.4. The van der Waals surface area contributed by atoms with Crippen LogP contribution in [0.4, 0.5) is 10.5 Å². The van der Waals surface area contributed by atoms with E-state index in [2.05, 4.69) is 9.88 Å². The second kappa shape index (κ2) is 17.2. The van der Waals surface area contributed by atoms with Crippen LogP contribution in [0.3, 0.4) is 0 Å². The number of anilines is 1. The van der Waals surface area contributed by atoms with Crippen molar-refractivity contribution in [1.82, 2.24) is 19.4 Å². The minimum absolute atomic E-state index is 0.165. The van der Waals surface area contributed by atoms with Gasteiger partial charge in [-0.1, -0.05) is 79.6 Å². The van der Waals surface area contributed by atoms with E-state index in [-0.39, 0.29) is 24.6 Å². The fourth-order valence-electron chi connectivity index (χ4n) is 7.35. The number of imidazole rings is 1. The molecule has 3 atom stereocenters. The van der Waals surface area contributed by atoms with Crippen molar-refractivity contribution in [3.8, 4) is 11.3 Å². The Morgan fingerprint density at radius 1 is 0.902 bits per heavy atom. The number of esters is 1. The first-order valence-corrected chi connectivity index (χ1v) is 17.8. The summed E-state index contributed by atoms with van der Waals surface area (Å²) in [4.78, 5) is 48.5. The van der Waals surface area contributed by atoms with Crippen molar-refractivity contribution in [3.05, 3.63) is 108 Å². The third-order valence-electron chi connectivity index (χ3n) is 9.95. The van der Waals surface area contributed by atoms with E-state index in [1.807, 2.05) is 78.0 Å². The van der Waals surface area contributed by atoms with E-state index < -0.39 is 12.1 Å². The van der Waals surface area contributed by atoms with E-state index in [4.69, 9.17) is 19.2 Å². The maximum atomic E-state index is 14.7. The molecular weight excluding hydrogens is 646 g/mol. The second-order valence-electron chi connectivity index (χ2n) is 13.2. The van der Waals surface area contributed by atoms with Crippen molar-refractivity contribution in [1.29, 1.82) is 0 Å². The van der Waals surface area contributed by atoms with Crippen LogP contribution in [0.5, 0.6) is 0 Å². The van der Waals surface area contributed by atoms with Gasteiger partial charge in [0, 0.05) is 56.5 Å². The lowest BCUT2D eigenvalue weighted by Crippen LogP contribution is -2.57. The monoisotopic (exact) mass is 693 g/mol. The standard InChI is InChI=1S/C40H47N5O6/c1-49-27-32-16-9-10-19-35(32)45-28-42-36(37(45)30-14-7-4-8-15-30)38(46)44-23-22-43(40(48)51-26-29-12-5-3-6-13-29)25-34(44)20-21-41-33-18-11-17-31(24-33)39(47)50-2/h3-8,11-15,17-18,24,28,32,34-35,41H,9-10,16,19-23,25-27H2,1-2H3/t32-,34+,35+/m0/s1. The van der Waals surface area contributed by atoms with Gasteiger partial charge in [-0.2, -0.15) is 0 Å². The molecule has 1 aliphatic carbocycles. The summed E-state index contributed by atoms with van der Waals surface area (Å²) in [6.45, 7) is 2.30. The van der Waals surface area contributed by atoms with Gasteiger partial charge in [0.05, 0.1) is 37.3 Å². The first kappa shape index (κ1) is 35.7. The molecule has 2 aliphatic rings. The van der Waals surface area contributed by atoms with Gasteiger partial charge < -0.3 is 33.9 Å². The quantitative estimate of drug-likeness (QED) is 0.164. The molecule has 11 nitrogen and oxygen atoms in total. The van der Waals surface area contributed by atoms with Gasteiger partial charge in [-0.15, -0.1) is 0 Å². The topological polar surface area (TPSA) is 115 Å². The maximum Gasteiger partial charge on any atom is 0.410 e. The van der Waals surface area contributed by atoms with Crippen LogP contribution in [0.2, 0.25) is 0 Å². The van der Waals surface area contributed by atoms with Crippen LogP contribution in [-0.4, -0.2) is 90.4 Å². The number of nitrogens with zero attached hydrogens (tertiary/aromatic N) is 4. The van der Waals surface area contributed by atoms with Crippen molar-refractivity contribution in [2.45, 2.75) is 50.8 Å². The lowest BCUT2D eigenvalue weighted by atomic mass is 9.84. The van der Waals surface area contributed by atoms with Gasteiger partial charge in [0.1, 0.15) is 6.61 Å². The number of amides is 2. The molecule has 0 bridgehead atoms. The fraction of sp³-hybridized carbons (Fsp3) is 0.400. The van der Waals surface area contributed by atoms with Crippen LogP contribution < -0.4 is 5.32 Å². The Kier molecular flexibility index (Phi) is 12.0. The average molecular weight is 694 g/mol. The Morgan fingerprint density at radius 2 is 1.67 bits per heavy atom. The molecule has 2 heterocycles. The predicted molar refractivity (Wildman–Crippen MR) is 194 cm³/mol. The molecule has 1 saturated heterocycles. The number of hydrogen-bond acceptors (Lipinski definition) is 8. The molecule has 11 heteroatoms. The van der Waals surface area contributed by atoms with E-state index in [9.17, 15) is 14.4 Å². The van der Waals surface area contributed by atoms with Crippen molar-refractivity contribution in [2.75, 3.05) is 52.3 Å². The number of ether oxygens (including phenoxy) is 3. The molecule has 3 aromatic carbocycles. The smallest absolute Gasteiger partial charge is 0.410 e. The molecule has 1 saturated carbocycles. The number of rotatable bonds is 12. The largest absolute Gasteiger partial charge is 0.465 e. The zero-order valence-corrected chi connectivity index (χ0v) is 29.4. The SMILES string of the molecule is COC[C@@H]1CCCC[C@H]1n1cnc(C(=O)N2CCN(C(=O)OCc3ccccc3)C[C@H]2CCNc2cccc(C(=O)OC)c2)c1-c1ccccc1. The first-order valence-electron chi connectivity index (χ1n) is 17.8. The van der Waals surface area contributed by atoms with Gasteiger partial charge in [0.25, 0.3) is 5.91 Å². The third kappa shape index (κ3) is 8.60.